The molecule has 0 atom stereocenters. The molecule has 1 aliphatic rings. The number of hydrogen-bond donors (Lipinski definition) is 2. The summed E-state index contributed by atoms with van der Waals surface area (Å²) >= 11 is 0. The summed E-state index contributed by atoms with van der Waals surface area (Å²) in [5.41, 5.74) is 0.531. The topological polar surface area (TPSA) is 89.1 Å². The van der Waals surface area contributed by atoms with Crippen molar-refractivity contribution in [1.82, 2.24) is 10.2 Å². The Morgan fingerprint density at radius 2 is 1.92 bits per heavy atom. The number of carbonyl (C=O) groups excluding carboxylic acids is 2. The second-order valence-electron chi connectivity index (χ2n) is 5.62. The quantitative estimate of drug-likeness (QED) is 0.850. The standard InChI is InChI=1S/C17H25N3O5/c1-4-25-17(22)20-9-7-12(8-10-20)18-16(21)19-14-11-13(23-2)5-6-15(14)24-3/h5-6,11-12H,4,7-10H2,1-3H3,(H2,18,19,21). The van der Waals surface area contributed by atoms with E-state index < -0.39 is 0 Å². The number of methoxy groups -OCH3 is 2. The van der Waals surface area contributed by atoms with E-state index in [2.05, 4.69) is 10.6 Å². The normalized spacial score (nSPS) is 14.6. The highest BCUT2D eigenvalue weighted by Gasteiger charge is 2.24. The number of amides is 3. The predicted molar refractivity (Wildman–Crippen MR) is 93.3 cm³/mol. The largest absolute Gasteiger partial charge is 0.497 e. The Labute approximate surface area is 147 Å². The lowest BCUT2D eigenvalue weighted by molar-refractivity contribution is 0.0959. The Hall–Kier alpha value is -2.64. The first-order chi connectivity index (χ1) is 12.1. The zero-order valence-electron chi connectivity index (χ0n) is 14.8. The molecule has 8 heteroatoms. The zero-order chi connectivity index (χ0) is 18.2. The van der Waals surface area contributed by atoms with Crippen LogP contribution in [-0.4, -0.2) is 57.0 Å². The molecule has 1 fully saturated rings. The minimum absolute atomic E-state index is 0.00211. The Morgan fingerprint density at radius 1 is 1.20 bits per heavy atom. The fourth-order valence-corrected chi connectivity index (χ4v) is 2.68. The molecule has 0 saturated carbocycles. The molecular formula is C17H25N3O5. The van der Waals surface area contributed by atoms with Crippen LogP contribution < -0.4 is 20.1 Å². The van der Waals surface area contributed by atoms with Gasteiger partial charge in [0.05, 0.1) is 26.5 Å². The van der Waals surface area contributed by atoms with Gasteiger partial charge in [-0.2, -0.15) is 0 Å². The zero-order valence-corrected chi connectivity index (χ0v) is 14.8. The van der Waals surface area contributed by atoms with E-state index in [1.807, 2.05) is 0 Å². The van der Waals surface area contributed by atoms with Crippen LogP contribution >= 0.6 is 0 Å². The fourth-order valence-electron chi connectivity index (χ4n) is 2.68. The van der Waals surface area contributed by atoms with Gasteiger partial charge in [0.25, 0.3) is 0 Å². The number of likely N-dealkylation sites (tertiary alicyclic amines) is 1. The van der Waals surface area contributed by atoms with Crippen molar-refractivity contribution in [3.8, 4) is 11.5 Å². The van der Waals surface area contributed by atoms with Crippen molar-refractivity contribution in [3.63, 3.8) is 0 Å². The summed E-state index contributed by atoms with van der Waals surface area (Å²) in [6.07, 6.45) is 1.06. The van der Waals surface area contributed by atoms with E-state index in [-0.39, 0.29) is 18.2 Å². The number of hydrogen-bond acceptors (Lipinski definition) is 5. The summed E-state index contributed by atoms with van der Waals surface area (Å²) in [6.45, 7) is 3.27. The SMILES string of the molecule is CCOC(=O)N1CCC(NC(=O)Nc2cc(OC)ccc2OC)CC1. The first-order valence-corrected chi connectivity index (χ1v) is 8.28. The van der Waals surface area contributed by atoms with Crippen LogP contribution in [0.15, 0.2) is 18.2 Å². The van der Waals surface area contributed by atoms with E-state index in [9.17, 15) is 9.59 Å². The van der Waals surface area contributed by atoms with Crippen molar-refractivity contribution in [2.45, 2.75) is 25.8 Å². The van der Waals surface area contributed by atoms with Crippen LogP contribution in [0.25, 0.3) is 0 Å². The van der Waals surface area contributed by atoms with E-state index >= 15 is 0 Å². The van der Waals surface area contributed by atoms with Crippen molar-refractivity contribution in [1.29, 1.82) is 0 Å². The van der Waals surface area contributed by atoms with Gasteiger partial charge in [0.15, 0.2) is 0 Å². The van der Waals surface area contributed by atoms with Gasteiger partial charge in [-0.25, -0.2) is 9.59 Å². The van der Waals surface area contributed by atoms with E-state index in [1.54, 1.807) is 37.1 Å². The van der Waals surface area contributed by atoms with Crippen molar-refractivity contribution in [2.75, 3.05) is 39.2 Å². The lowest BCUT2D eigenvalue weighted by atomic mass is 10.1. The lowest BCUT2D eigenvalue weighted by Gasteiger charge is -2.31. The number of carbonyl (C=O) groups is 2. The third-order valence-corrected chi connectivity index (χ3v) is 4.01. The van der Waals surface area contributed by atoms with Gasteiger partial charge in [-0.3, -0.25) is 0 Å². The molecule has 2 rings (SSSR count). The van der Waals surface area contributed by atoms with Crippen LogP contribution in [0.4, 0.5) is 15.3 Å². The number of urea groups is 1. The lowest BCUT2D eigenvalue weighted by Crippen LogP contribution is -2.47. The molecule has 0 aromatic heterocycles. The van der Waals surface area contributed by atoms with Crippen molar-refractivity contribution in [2.24, 2.45) is 0 Å². The second kappa shape index (κ2) is 9.00. The highest BCUT2D eigenvalue weighted by atomic mass is 16.6. The maximum Gasteiger partial charge on any atom is 0.409 e. The van der Waals surface area contributed by atoms with Gasteiger partial charge in [-0.1, -0.05) is 0 Å². The number of rotatable bonds is 5. The summed E-state index contributed by atoms with van der Waals surface area (Å²) in [5, 5.41) is 5.70. The molecule has 0 radical (unpaired) electrons. The minimum atomic E-state index is -0.318. The van der Waals surface area contributed by atoms with E-state index in [0.717, 1.165) is 0 Å². The molecule has 138 valence electrons. The van der Waals surface area contributed by atoms with Crippen LogP contribution in [0.1, 0.15) is 19.8 Å². The van der Waals surface area contributed by atoms with Gasteiger partial charge in [0, 0.05) is 25.2 Å². The van der Waals surface area contributed by atoms with Crippen molar-refractivity contribution >= 4 is 17.8 Å². The van der Waals surface area contributed by atoms with Crippen LogP contribution in [-0.2, 0) is 4.74 Å². The average Bonchev–Trinajstić information content (AvgIpc) is 2.62. The van der Waals surface area contributed by atoms with Crippen LogP contribution in [0, 0.1) is 0 Å². The predicted octanol–water partition coefficient (Wildman–Crippen LogP) is 2.45. The fraction of sp³-hybridized carbons (Fsp3) is 0.529. The summed E-state index contributed by atoms with van der Waals surface area (Å²) in [7, 11) is 3.10. The molecule has 8 nitrogen and oxygen atoms in total. The molecule has 0 bridgehead atoms. The van der Waals surface area contributed by atoms with Crippen molar-refractivity contribution in [3.05, 3.63) is 18.2 Å². The first kappa shape index (κ1) is 18.7. The number of anilines is 1. The molecular weight excluding hydrogens is 326 g/mol. The molecule has 1 aliphatic heterocycles. The molecule has 1 saturated heterocycles. The Kier molecular flexibility index (Phi) is 6.73. The van der Waals surface area contributed by atoms with Gasteiger partial charge in [-0.05, 0) is 31.9 Å². The number of nitrogens with zero attached hydrogens (tertiary/aromatic N) is 1. The second-order valence-corrected chi connectivity index (χ2v) is 5.62. The number of benzene rings is 1. The van der Waals surface area contributed by atoms with E-state index in [1.165, 1.54) is 7.11 Å². The molecule has 25 heavy (non-hydrogen) atoms. The van der Waals surface area contributed by atoms with Crippen LogP contribution in [0.5, 0.6) is 11.5 Å². The molecule has 3 amide bonds. The van der Waals surface area contributed by atoms with Gasteiger partial charge in [-0.15, -0.1) is 0 Å². The Morgan fingerprint density at radius 3 is 2.52 bits per heavy atom. The molecule has 1 aromatic rings. The monoisotopic (exact) mass is 351 g/mol. The summed E-state index contributed by atoms with van der Waals surface area (Å²) in [4.78, 5) is 25.6. The van der Waals surface area contributed by atoms with Crippen molar-refractivity contribution < 1.29 is 23.8 Å². The molecule has 1 heterocycles. The van der Waals surface area contributed by atoms with E-state index in [4.69, 9.17) is 14.2 Å². The van der Waals surface area contributed by atoms with Gasteiger partial charge in [0.1, 0.15) is 11.5 Å². The Bertz CT molecular complexity index is 600. The van der Waals surface area contributed by atoms with E-state index in [0.29, 0.717) is 49.7 Å². The Balaban J connectivity index is 1.86. The average molecular weight is 351 g/mol. The first-order valence-electron chi connectivity index (χ1n) is 8.28. The summed E-state index contributed by atoms with van der Waals surface area (Å²) < 4.78 is 15.4. The van der Waals surface area contributed by atoms with Gasteiger partial charge < -0.3 is 29.7 Å². The third kappa shape index (κ3) is 5.17. The molecule has 0 aliphatic carbocycles. The summed E-state index contributed by atoms with van der Waals surface area (Å²) in [5.74, 6) is 1.17. The molecule has 1 aromatic carbocycles. The maximum absolute atomic E-state index is 12.2. The maximum atomic E-state index is 12.2. The summed E-state index contributed by atoms with van der Waals surface area (Å²) in [6, 6.07) is 4.87. The molecule has 0 spiro atoms. The smallest absolute Gasteiger partial charge is 0.409 e. The van der Waals surface area contributed by atoms with Crippen LogP contribution in [0.2, 0.25) is 0 Å². The van der Waals surface area contributed by atoms with Gasteiger partial charge in [0.2, 0.25) is 0 Å². The molecule has 0 unspecified atom stereocenters. The highest BCUT2D eigenvalue weighted by molar-refractivity contribution is 5.91. The number of piperidine rings is 1. The number of nitrogens with one attached hydrogen (secondary N) is 2. The van der Waals surface area contributed by atoms with Gasteiger partial charge >= 0.3 is 12.1 Å². The number of ether oxygens (including phenoxy) is 3. The van der Waals surface area contributed by atoms with Crippen LogP contribution in [0.3, 0.4) is 0 Å². The minimum Gasteiger partial charge on any atom is -0.497 e. The third-order valence-electron chi connectivity index (χ3n) is 4.01. The molecule has 2 N–H and O–H groups in total. The highest BCUT2D eigenvalue weighted by Crippen LogP contribution is 2.28.